The molecule has 22 heavy (non-hydrogen) atoms. The van der Waals surface area contributed by atoms with Crippen molar-refractivity contribution in [1.29, 1.82) is 0 Å². The van der Waals surface area contributed by atoms with E-state index in [4.69, 9.17) is 0 Å². The smallest absolute Gasteiger partial charge is 0.237 e. The lowest BCUT2D eigenvalue weighted by Crippen LogP contribution is -2.44. The summed E-state index contributed by atoms with van der Waals surface area (Å²) in [5, 5.41) is 8.82. The summed E-state index contributed by atoms with van der Waals surface area (Å²) in [4.78, 5) is 13.7. The second-order valence-electron chi connectivity index (χ2n) is 6.74. The van der Waals surface area contributed by atoms with Gasteiger partial charge in [-0.2, -0.15) is 0 Å². The Morgan fingerprint density at radius 3 is 3.00 bits per heavy atom. The number of fused-ring (bicyclic) bond motifs is 1. The quantitative estimate of drug-likeness (QED) is 0.861. The Kier molecular flexibility index (Phi) is 6.72. The van der Waals surface area contributed by atoms with Crippen LogP contribution in [0.5, 0.6) is 0 Å². The van der Waals surface area contributed by atoms with Crippen molar-refractivity contribution in [2.45, 2.75) is 57.5 Å². The number of hydrogen-bond donors (Lipinski definition) is 2. The molecular formula is C17H27ClN2OS. The minimum atomic E-state index is 0. The summed E-state index contributed by atoms with van der Waals surface area (Å²) in [6, 6.07) is 4.91. The fourth-order valence-electron chi connectivity index (χ4n) is 3.76. The number of hydrogen-bond acceptors (Lipinski definition) is 3. The van der Waals surface area contributed by atoms with Crippen molar-refractivity contribution in [2.75, 3.05) is 6.54 Å². The molecule has 0 aromatic carbocycles. The van der Waals surface area contributed by atoms with Crippen LogP contribution in [-0.4, -0.2) is 24.5 Å². The minimum Gasteiger partial charge on any atom is -0.354 e. The predicted molar refractivity (Wildman–Crippen MR) is 94.7 cm³/mol. The van der Waals surface area contributed by atoms with E-state index in [-0.39, 0.29) is 24.4 Å². The first kappa shape index (κ1) is 17.8. The largest absolute Gasteiger partial charge is 0.354 e. The number of rotatable bonds is 5. The topological polar surface area (TPSA) is 41.1 Å². The van der Waals surface area contributed by atoms with Crippen LogP contribution < -0.4 is 10.6 Å². The van der Waals surface area contributed by atoms with E-state index >= 15 is 0 Å². The zero-order valence-electron chi connectivity index (χ0n) is 13.2. The molecule has 0 radical (unpaired) electrons. The van der Waals surface area contributed by atoms with Gasteiger partial charge in [-0.1, -0.05) is 25.8 Å². The van der Waals surface area contributed by atoms with Crippen LogP contribution >= 0.6 is 23.7 Å². The van der Waals surface area contributed by atoms with Gasteiger partial charge < -0.3 is 10.6 Å². The van der Waals surface area contributed by atoms with Crippen LogP contribution in [0.15, 0.2) is 17.5 Å². The lowest BCUT2D eigenvalue weighted by atomic mass is 9.85. The highest BCUT2D eigenvalue weighted by atomic mass is 35.5. The Bertz CT molecular complexity index is 451. The van der Waals surface area contributed by atoms with Gasteiger partial charge >= 0.3 is 0 Å². The Hall–Kier alpha value is -0.580. The van der Waals surface area contributed by atoms with Crippen LogP contribution in [0.2, 0.25) is 0 Å². The zero-order valence-corrected chi connectivity index (χ0v) is 14.8. The van der Waals surface area contributed by atoms with Gasteiger partial charge in [0.2, 0.25) is 5.91 Å². The van der Waals surface area contributed by atoms with Crippen molar-refractivity contribution < 1.29 is 4.79 Å². The third-order valence-electron chi connectivity index (χ3n) is 4.93. The van der Waals surface area contributed by atoms with E-state index in [0.29, 0.717) is 12.0 Å². The van der Waals surface area contributed by atoms with E-state index in [9.17, 15) is 4.79 Å². The number of thiophene rings is 1. The zero-order chi connectivity index (χ0) is 14.7. The summed E-state index contributed by atoms with van der Waals surface area (Å²) < 4.78 is 0. The van der Waals surface area contributed by atoms with Crippen molar-refractivity contribution >= 4 is 29.7 Å². The highest BCUT2D eigenvalue weighted by molar-refractivity contribution is 7.09. The Morgan fingerprint density at radius 2 is 2.27 bits per heavy atom. The third kappa shape index (κ3) is 4.46. The summed E-state index contributed by atoms with van der Waals surface area (Å²) >= 11 is 1.80. The molecule has 2 fully saturated rings. The van der Waals surface area contributed by atoms with E-state index < -0.39 is 0 Å². The maximum atomic E-state index is 12.3. The van der Waals surface area contributed by atoms with Crippen molar-refractivity contribution in [3.05, 3.63) is 22.4 Å². The highest BCUT2D eigenvalue weighted by Crippen LogP contribution is 2.33. The molecule has 1 aromatic rings. The van der Waals surface area contributed by atoms with E-state index in [1.807, 2.05) is 0 Å². The molecule has 124 valence electrons. The molecule has 2 aliphatic rings. The first-order valence-electron chi connectivity index (χ1n) is 8.28. The summed E-state index contributed by atoms with van der Waals surface area (Å²) in [7, 11) is 0. The van der Waals surface area contributed by atoms with Gasteiger partial charge in [0.05, 0.1) is 6.04 Å². The maximum Gasteiger partial charge on any atom is 0.237 e. The number of amides is 1. The summed E-state index contributed by atoms with van der Waals surface area (Å²) in [5.41, 5.74) is 0. The maximum absolute atomic E-state index is 12.3. The highest BCUT2D eigenvalue weighted by Gasteiger charge is 2.38. The van der Waals surface area contributed by atoms with Gasteiger partial charge in [-0.05, 0) is 49.0 Å². The number of carbonyl (C=O) groups excluding carboxylic acids is 1. The summed E-state index contributed by atoms with van der Waals surface area (Å²) in [6.45, 7) is 2.99. The molecule has 2 N–H and O–H groups in total. The monoisotopic (exact) mass is 342 g/mol. The molecule has 1 saturated carbocycles. The molecule has 4 atom stereocenters. The molecule has 4 unspecified atom stereocenters. The molecule has 3 nitrogen and oxygen atoms in total. The molecule has 3 rings (SSSR count). The van der Waals surface area contributed by atoms with Crippen LogP contribution in [0.25, 0.3) is 0 Å². The molecular weight excluding hydrogens is 316 g/mol. The van der Waals surface area contributed by atoms with Crippen LogP contribution in [0.1, 0.15) is 43.9 Å². The number of halogens is 1. The Labute approximate surface area is 143 Å². The molecule has 1 saturated heterocycles. The minimum absolute atomic E-state index is 0. The number of nitrogens with one attached hydrogen (secondary N) is 2. The molecule has 0 spiro atoms. The van der Waals surface area contributed by atoms with Crippen molar-refractivity contribution in [1.82, 2.24) is 10.6 Å². The molecule has 1 amide bonds. The fourth-order valence-corrected chi connectivity index (χ4v) is 4.63. The first-order chi connectivity index (χ1) is 10.2. The average Bonchev–Trinajstić information content (AvgIpc) is 3.13. The molecule has 0 bridgehead atoms. The molecule has 1 aromatic heterocycles. The van der Waals surface area contributed by atoms with E-state index in [1.165, 1.54) is 30.6 Å². The SMILES string of the molecule is CC(CNC(=O)C1CC2CCCCC2N1)Cc1cccs1.Cl. The summed E-state index contributed by atoms with van der Waals surface area (Å²) in [6.07, 6.45) is 7.31. The third-order valence-corrected chi connectivity index (χ3v) is 5.83. The Morgan fingerprint density at radius 1 is 1.45 bits per heavy atom. The molecule has 2 heterocycles. The molecule has 5 heteroatoms. The van der Waals surface area contributed by atoms with Gasteiger partial charge in [0, 0.05) is 17.5 Å². The summed E-state index contributed by atoms with van der Waals surface area (Å²) in [5.74, 6) is 1.44. The fraction of sp³-hybridized carbons (Fsp3) is 0.706. The van der Waals surface area contributed by atoms with Gasteiger partial charge in [0.1, 0.15) is 0 Å². The standard InChI is InChI=1S/C17H26N2OS.ClH/c1-12(9-14-6-4-8-21-14)11-18-17(20)16-10-13-5-2-3-7-15(13)19-16;/h4,6,8,12-13,15-16,19H,2-3,5,7,9-11H2,1H3,(H,18,20);1H. The van der Waals surface area contributed by atoms with Crippen LogP contribution in [0.3, 0.4) is 0 Å². The van der Waals surface area contributed by atoms with Gasteiger partial charge in [-0.25, -0.2) is 0 Å². The van der Waals surface area contributed by atoms with Crippen molar-refractivity contribution in [3.63, 3.8) is 0 Å². The van der Waals surface area contributed by atoms with Crippen LogP contribution in [0, 0.1) is 11.8 Å². The van der Waals surface area contributed by atoms with Gasteiger partial charge in [0.25, 0.3) is 0 Å². The average molecular weight is 343 g/mol. The van der Waals surface area contributed by atoms with E-state index in [1.54, 1.807) is 11.3 Å². The van der Waals surface area contributed by atoms with Crippen molar-refractivity contribution in [3.8, 4) is 0 Å². The first-order valence-corrected chi connectivity index (χ1v) is 9.16. The second-order valence-corrected chi connectivity index (χ2v) is 7.77. The van der Waals surface area contributed by atoms with E-state index in [2.05, 4.69) is 35.1 Å². The lowest BCUT2D eigenvalue weighted by molar-refractivity contribution is -0.123. The normalized spacial score (nSPS) is 28.5. The van der Waals surface area contributed by atoms with Gasteiger partial charge in [0.15, 0.2) is 0 Å². The lowest BCUT2D eigenvalue weighted by Gasteiger charge is -2.24. The van der Waals surface area contributed by atoms with Gasteiger partial charge in [-0.3, -0.25) is 4.79 Å². The van der Waals surface area contributed by atoms with Crippen LogP contribution in [0.4, 0.5) is 0 Å². The van der Waals surface area contributed by atoms with E-state index in [0.717, 1.165) is 25.3 Å². The molecule has 1 aliphatic heterocycles. The Balaban J connectivity index is 0.00000176. The predicted octanol–water partition coefficient (Wildman–Crippen LogP) is 3.39. The molecule has 1 aliphatic carbocycles. The van der Waals surface area contributed by atoms with Crippen molar-refractivity contribution in [2.24, 2.45) is 11.8 Å². The van der Waals surface area contributed by atoms with Gasteiger partial charge in [-0.15, -0.1) is 23.7 Å². The second kappa shape index (κ2) is 8.32. The van der Waals surface area contributed by atoms with Crippen LogP contribution in [-0.2, 0) is 11.2 Å². The number of carbonyl (C=O) groups is 1.